The summed E-state index contributed by atoms with van der Waals surface area (Å²) in [5.41, 5.74) is 1.19. The van der Waals surface area contributed by atoms with Gasteiger partial charge >= 0.3 is 0 Å². The summed E-state index contributed by atoms with van der Waals surface area (Å²) in [7, 11) is 0. The molecule has 0 heterocycles. The van der Waals surface area contributed by atoms with Crippen molar-refractivity contribution in [3.8, 4) is 0 Å². The Morgan fingerprint density at radius 3 is 2.43 bits per heavy atom. The third-order valence-electron chi connectivity index (χ3n) is 2.86. The molecule has 0 aromatic heterocycles. The summed E-state index contributed by atoms with van der Waals surface area (Å²) < 4.78 is 0.00886. The fraction of sp³-hybridized carbons (Fsp3) is 0.133. The molecule has 2 N–H and O–H groups in total. The van der Waals surface area contributed by atoms with E-state index in [4.69, 9.17) is 34.8 Å². The molecule has 3 nitrogen and oxygen atoms in total. The van der Waals surface area contributed by atoms with Gasteiger partial charge in [0, 0.05) is 13.6 Å². The summed E-state index contributed by atoms with van der Waals surface area (Å²) in [6.07, 6.45) is -0.906. The molecule has 0 aliphatic heterocycles. The molecule has 1 unspecified atom stereocenters. The first-order chi connectivity index (χ1) is 10.8. The first-order valence-electron chi connectivity index (χ1n) is 6.41. The van der Waals surface area contributed by atoms with Gasteiger partial charge in [0.15, 0.2) is 0 Å². The topological polar surface area (TPSA) is 41.1 Å². The number of para-hydroxylation sites is 1. The number of anilines is 1. The maximum atomic E-state index is 12.4. The molecule has 0 radical (unpaired) electrons. The lowest BCUT2D eigenvalue weighted by Gasteiger charge is -2.28. The molecule has 0 aliphatic rings. The smallest absolute Gasteiger partial charge is 0.253 e. The van der Waals surface area contributed by atoms with Crippen LogP contribution in [0.3, 0.4) is 0 Å². The Bertz CT molecular complexity index is 709. The van der Waals surface area contributed by atoms with E-state index in [-0.39, 0.29) is 5.91 Å². The molecular weight excluding hydrogens is 537 g/mol. The number of carbonyl (C=O) groups excluding carboxylic acids is 1. The van der Waals surface area contributed by atoms with Crippen molar-refractivity contribution < 1.29 is 4.79 Å². The van der Waals surface area contributed by atoms with Crippen molar-refractivity contribution >= 4 is 84.9 Å². The average molecular weight is 548 g/mol. The zero-order valence-electron chi connectivity index (χ0n) is 11.5. The van der Waals surface area contributed by atoms with E-state index in [1.807, 2.05) is 30.3 Å². The van der Waals surface area contributed by atoms with E-state index < -0.39 is 9.96 Å². The van der Waals surface area contributed by atoms with Crippen molar-refractivity contribution in [3.05, 3.63) is 62.1 Å². The Hall–Kier alpha value is -0.210. The molecular formula is C15H11BrCl3IN2O. The van der Waals surface area contributed by atoms with Crippen LogP contribution in [0.1, 0.15) is 10.4 Å². The second kappa shape index (κ2) is 8.25. The SMILES string of the molecule is O=C(NC(Nc1ccccc1Br)C(Cl)(Cl)Cl)c1cccc(I)c1. The van der Waals surface area contributed by atoms with Gasteiger partial charge in [-0.3, -0.25) is 4.79 Å². The molecule has 8 heteroatoms. The quantitative estimate of drug-likeness (QED) is 0.297. The van der Waals surface area contributed by atoms with Gasteiger partial charge in [-0.25, -0.2) is 0 Å². The Balaban J connectivity index is 2.20. The third-order valence-corrected chi connectivity index (χ3v) is 4.88. The van der Waals surface area contributed by atoms with Crippen molar-refractivity contribution in [1.29, 1.82) is 0 Å². The Morgan fingerprint density at radius 1 is 1.13 bits per heavy atom. The van der Waals surface area contributed by atoms with Crippen molar-refractivity contribution in [2.45, 2.75) is 9.96 Å². The van der Waals surface area contributed by atoms with Gasteiger partial charge < -0.3 is 10.6 Å². The van der Waals surface area contributed by atoms with Gasteiger partial charge in [-0.1, -0.05) is 53.0 Å². The van der Waals surface area contributed by atoms with Crippen LogP contribution in [0, 0.1) is 3.57 Å². The van der Waals surface area contributed by atoms with Gasteiger partial charge in [-0.05, 0) is 68.9 Å². The lowest BCUT2D eigenvalue weighted by atomic mass is 10.2. The maximum Gasteiger partial charge on any atom is 0.253 e. The van der Waals surface area contributed by atoms with Crippen LogP contribution in [-0.4, -0.2) is 15.9 Å². The first kappa shape index (κ1) is 19.1. The third kappa shape index (κ3) is 5.67. The second-order valence-corrected chi connectivity index (χ2v) is 9.05. The standard InChI is InChI=1S/C15H11BrCl3IN2O/c16-11-6-1-2-7-12(11)21-14(15(17,18)19)22-13(23)9-4-3-5-10(20)8-9/h1-8,14,21H,(H,22,23). The van der Waals surface area contributed by atoms with Gasteiger partial charge in [0.2, 0.25) is 3.79 Å². The van der Waals surface area contributed by atoms with E-state index in [1.54, 1.807) is 18.2 Å². The zero-order chi connectivity index (χ0) is 17.0. The molecule has 2 aromatic rings. The molecule has 0 bridgehead atoms. The molecule has 122 valence electrons. The number of hydrogen-bond donors (Lipinski definition) is 2. The number of hydrogen-bond acceptors (Lipinski definition) is 2. The van der Waals surface area contributed by atoms with Gasteiger partial charge in [0.05, 0.1) is 5.69 Å². The van der Waals surface area contributed by atoms with Crippen molar-refractivity contribution in [1.82, 2.24) is 5.32 Å². The summed E-state index contributed by atoms with van der Waals surface area (Å²) in [5.74, 6) is -0.334. The van der Waals surface area contributed by atoms with E-state index in [0.29, 0.717) is 11.3 Å². The number of carbonyl (C=O) groups is 1. The monoisotopic (exact) mass is 546 g/mol. The molecule has 23 heavy (non-hydrogen) atoms. The van der Waals surface area contributed by atoms with Crippen molar-refractivity contribution in [2.75, 3.05) is 5.32 Å². The van der Waals surface area contributed by atoms with Crippen molar-refractivity contribution in [2.24, 2.45) is 0 Å². The van der Waals surface area contributed by atoms with Gasteiger partial charge in [0.25, 0.3) is 5.91 Å². The van der Waals surface area contributed by atoms with Crippen LogP contribution in [0.4, 0.5) is 5.69 Å². The Morgan fingerprint density at radius 2 is 1.83 bits per heavy atom. The maximum absolute atomic E-state index is 12.4. The highest BCUT2D eigenvalue weighted by Crippen LogP contribution is 2.33. The lowest BCUT2D eigenvalue weighted by molar-refractivity contribution is 0.0942. The average Bonchev–Trinajstić information content (AvgIpc) is 2.47. The van der Waals surface area contributed by atoms with Crippen LogP contribution >= 0.6 is 73.3 Å². The minimum Gasteiger partial charge on any atom is -0.361 e. The molecule has 2 aromatic carbocycles. The number of halogens is 5. The van der Waals surface area contributed by atoms with Crippen LogP contribution < -0.4 is 10.6 Å². The summed E-state index contributed by atoms with van der Waals surface area (Å²) in [6.45, 7) is 0. The Labute approximate surface area is 171 Å². The highest BCUT2D eigenvalue weighted by atomic mass is 127. The molecule has 2 rings (SSSR count). The first-order valence-corrected chi connectivity index (χ1v) is 9.42. The Kier molecular flexibility index (Phi) is 6.86. The molecule has 0 spiro atoms. The van der Waals surface area contributed by atoms with E-state index in [0.717, 1.165) is 8.04 Å². The summed E-state index contributed by atoms with van der Waals surface area (Å²) in [4.78, 5) is 12.4. The fourth-order valence-electron chi connectivity index (χ4n) is 1.78. The molecule has 0 saturated carbocycles. The van der Waals surface area contributed by atoms with Crippen LogP contribution in [0.2, 0.25) is 0 Å². The summed E-state index contributed by atoms with van der Waals surface area (Å²) >= 11 is 23.5. The number of alkyl halides is 3. The number of rotatable bonds is 4. The van der Waals surface area contributed by atoms with Crippen LogP contribution in [-0.2, 0) is 0 Å². The normalized spacial score (nSPS) is 12.6. The zero-order valence-corrected chi connectivity index (χ0v) is 17.5. The van der Waals surface area contributed by atoms with E-state index >= 15 is 0 Å². The molecule has 1 atom stereocenters. The highest BCUT2D eigenvalue weighted by molar-refractivity contribution is 14.1. The number of amides is 1. The van der Waals surface area contributed by atoms with E-state index in [9.17, 15) is 4.79 Å². The molecule has 1 amide bonds. The van der Waals surface area contributed by atoms with E-state index in [2.05, 4.69) is 49.2 Å². The number of benzene rings is 2. The predicted octanol–water partition coefficient (Wildman–Crippen LogP) is 5.59. The molecule has 0 aliphatic carbocycles. The van der Waals surface area contributed by atoms with Crippen LogP contribution in [0.15, 0.2) is 53.0 Å². The molecule has 0 saturated heterocycles. The van der Waals surface area contributed by atoms with Crippen LogP contribution in [0.25, 0.3) is 0 Å². The van der Waals surface area contributed by atoms with Gasteiger partial charge in [0.1, 0.15) is 6.17 Å². The largest absolute Gasteiger partial charge is 0.361 e. The predicted molar refractivity (Wildman–Crippen MR) is 108 cm³/mol. The number of nitrogens with one attached hydrogen (secondary N) is 2. The highest BCUT2D eigenvalue weighted by Gasteiger charge is 2.34. The van der Waals surface area contributed by atoms with E-state index in [1.165, 1.54) is 0 Å². The van der Waals surface area contributed by atoms with Crippen molar-refractivity contribution in [3.63, 3.8) is 0 Å². The van der Waals surface area contributed by atoms with Crippen LogP contribution in [0.5, 0.6) is 0 Å². The van der Waals surface area contributed by atoms with Gasteiger partial charge in [-0.2, -0.15) is 0 Å². The summed E-state index contributed by atoms with van der Waals surface area (Å²) in [5, 5.41) is 5.73. The fourth-order valence-corrected chi connectivity index (χ4v) is 3.05. The minimum atomic E-state index is -1.73. The summed E-state index contributed by atoms with van der Waals surface area (Å²) in [6, 6.07) is 14.5. The lowest BCUT2D eigenvalue weighted by Crippen LogP contribution is -2.49. The minimum absolute atomic E-state index is 0.334. The molecule has 0 fully saturated rings. The second-order valence-electron chi connectivity index (χ2n) is 4.58. The van der Waals surface area contributed by atoms with Gasteiger partial charge in [-0.15, -0.1) is 0 Å².